The molecule has 0 bridgehead atoms. The summed E-state index contributed by atoms with van der Waals surface area (Å²) in [6.45, 7) is 3.78. The average Bonchev–Trinajstić information content (AvgIpc) is 2.15. The van der Waals surface area contributed by atoms with E-state index in [2.05, 4.69) is 18.8 Å². The van der Waals surface area contributed by atoms with Gasteiger partial charge in [-0.25, -0.2) is 4.39 Å². The second-order valence-electron chi connectivity index (χ2n) is 3.11. The van der Waals surface area contributed by atoms with E-state index in [1.54, 1.807) is 6.20 Å². The average molecular weight is 183 g/mol. The molecule has 0 saturated heterocycles. The van der Waals surface area contributed by atoms with E-state index in [-0.39, 0.29) is 6.61 Å². The summed E-state index contributed by atoms with van der Waals surface area (Å²) >= 11 is 0. The predicted molar refractivity (Wildman–Crippen MR) is 49.8 cm³/mol. The highest BCUT2D eigenvalue weighted by Gasteiger charge is 2.00. The molecule has 0 aromatic carbocycles. The zero-order valence-corrected chi connectivity index (χ0v) is 7.96. The summed E-state index contributed by atoms with van der Waals surface area (Å²) in [5.74, 6) is 1.04. The first-order chi connectivity index (χ1) is 6.24. The van der Waals surface area contributed by atoms with E-state index in [1.165, 1.54) is 0 Å². The number of ether oxygens (including phenoxy) is 1. The fraction of sp³-hybridized carbons (Fsp3) is 0.500. The van der Waals surface area contributed by atoms with Crippen LogP contribution in [0.3, 0.4) is 0 Å². The molecule has 3 heteroatoms. The lowest BCUT2D eigenvalue weighted by Crippen LogP contribution is -2.00. The minimum atomic E-state index is -0.466. The molecule has 1 rings (SSSR count). The van der Waals surface area contributed by atoms with Gasteiger partial charge in [-0.3, -0.25) is 4.98 Å². The van der Waals surface area contributed by atoms with Gasteiger partial charge in [-0.15, -0.1) is 0 Å². The van der Waals surface area contributed by atoms with Gasteiger partial charge in [0.1, 0.15) is 19.0 Å². The summed E-state index contributed by atoms with van der Waals surface area (Å²) in [5, 5.41) is 0. The van der Waals surface area contributed by atoms with Gasteiger partial charge in [-0.05, 0) is 18.1 Å². The van der Waals surface area contributed by atoms with Crippen LogP contribution in [-0.4, -0.2) is 18.3 Å². The fourth-order valence-electron chi connectivity index (χ4n) is 0.975. The lowest BCUT2D eigenvalue weighted by atomic mass is 10.1. The molecule has 0 N–H and O–H groups in total. The van der Waals surface area contributed by atoms with Gasteiger partial charge < -0.3 is 4.74 Å². The molecule has 0 aliphatic rings. The standard InChI is InChI=1S/C10H14FNO/c1-8(2)10-4-3-9(7-12-10)13-6-5-11/h3-4,7-8H,5-6H2,1-2H3. The van der Waals surface area contributed by atoms with Crippen LogP contribution >= 0.6 is 0 Å². The summed E-state index contributed by atoms with van der Waals surface area (Å²) in [5.41, 5.74) is 1.02. The molecule has 1 heterocycles. The fourth-order valence-corrected chi connectivity index (χ4v) is 0.975. The Labute approximate surface area is 77.8 Å². The summed E-state index contributed by atoms with van der Waals surface area (Å²) in [6, 6.07) is 3.72. The molecular formula is C10H14FNO. The van der Waals surface area contributed by atoms with E-state index in [4.69, 9.17) is 4.74 Å². The molecule has 0 amide bonds. The van der Waals surface area contributed by atoms with Crippen LogP contribution in [0.2, 0.25) is 0 Å². The van der Waals surface area contributed by atoms with Gasteiger partial charge in [0.05, 0.1) is 6.20 Å². The van der Waals surface area contributed by atoms with Crippen LogP contribution in [0.15, 0.2) is 18.3 Å². The molecule has 0 fully saturated rings. The molecule has 0 atom stereocenters. The van der Waals surface area contributed by atoms with Crippen molar-refractivity contribution in [2.24, 2.45) is 0 Å². The predicted octanol–water partition coefficient (Wildman–Crippen LogP) is 2.55. The van der Waals surface area contributed by atoms with Crippen molar-refractivity contribution in [1.29, 1.82) is 0 Å². The summed E-state index contributed by atoms with van der Waals surface area (Å²) in [4.78, 5) is 4.18. The van der Waals surface area contributed by atoms with Crippen molar-refractivity contribution in [3.63, 3.8) is 0 Å². The topological polar surface area (TPSA) is 22.1 Å². The van der Waals surface area contributed by atoms with E-state index >= 15 is 0 Å². The number of halogens is 1. The number of aromatic nitrogens is 1. The van der Waals surface area contributed by atoms with Crippen LogP contribution in [-0.2, 0) is 0 Å². The highest BCUT2D eigenvalue weighted by atomic mass is 19.1. The van der Waals surface area contributed by atoms with Crippen LogP contribution in [0, 0.1) is 0 Å². The monoisotopic (exact) mass is 183 g/mol. The van der Waals surface area contributed by atoms with Crippen molar-refractivity contribution < 1.29 is 9.13 Å². The van der Waals surface area contributed by atoms with Gasteiger partial charge in [0.25, 0.3) is 0 Å². The second kappa shape index (κ2) is 4.80. The van der Waals surface area contributed by atoms with E-state index in [1.807, 2.05) is 12.1 Å². The number of rotatable bonds is 4. The highest BCUT2D eigenvalue weighted by molar-refractivity contribution is 5.21. The Balaban J connectivity index is 2.59. The van der Waals surface area contributed by atoms with E-state index in [0.29, 0.717) is 11.7 Å². The second-order valence-corrected chi connectivity index (χ2v) is 3.11. The van der Waals surface area contributed by atoms with Gasteiger partial charge in [0.2, 0.25) is 0 Å². The van der Waals surface area contributed by atoms with E-state index in [9.17, 15) is 4.39 Å². The molecule has 0 aliphatic heterocycles. The molecule has 0 spiro atoms. The van der Waals surface area contributed by atoms with Crippen LogP contribution in [0.5, 0.6) is 5.75 Å². The zero-order chi connectivity index (χ0) is 9.68. The van der Waals surface area contributed by atoms with Crippen molar-refractivity contribution >= 4 is 0 Å². The first-order valence-corrected chi connectivity index (χ1v) is 4.38. The first kappa shape index (κ1) is 9.96. The Morgan fingerprint density at radius 3 is 2.69 bits per heavy atom. The van der Waals surface area contributed by atoms with Crippen molar-refractivity contribution in [3.8, 4) is 5.75 Å². The summed E-state index contributed by atoms with van der Waals surface area (Å²) in [7, 11) is 0. The van der Waals surface area contributed by atoms with Crippen LogP contribution in [0.1, 0.15) is 25.5 Å². The highest BCUT2D eigenvalue weighted by Crippen LogP contribution is 2.15. The molecule has 0 aliphatic carbocycles. The molecule has 2 nitrogen and oxygen atoms in total. The van der Waals surface area contributed by atoms with E-state index in [0.717, 1.165) is 5.69 Å². The Hall–Kier alpha value is -1.12. The molecule has 0 radical (unpaired) electrons. The zero-order valence-electron chi connectivity index (χ0n) is 7.96. The van der Waals surface area contributed by atoms with Gasteiger partial charge in [0.15, 0.2) is 0 Å². The minimum Gasteiger partial charge on any atom is -0.489 e. The van der Waals surface area contributed by atoms with Gasteiger partial charge >= 0.3 is 0 Å². The molecular weight excluding hydrogens is 169 g/mol. The third-order valence-electron chi connectivity index (χ3n) is 1.70. The Morgan fingerprint density at radius 1 is 1.46 bits per heavy atom. The SMILES string of the molecule is CC(C)c1ccc(OCCF)cn1. The molecule has 0 unspecified atom stereocenters. The number of pyridine rings is 1. The summed E-state index contributed by atoms with van der Waals surface area (Å²) in [6.07, 6.45) is 1.63. The Morgan fingerprint density at radius 2 is 2.23 bits per heavy atom. The molecule has 0 saturated carbocycles. The molecule has 13 heavy (non-hydrogen) atoms. The Kier molecular flexibility index (Phi) is 3.68. The maximum Gasteiger partial charge on any atom is 0.137 e. The van der Waals surface area contributed by atoms with Crippen molar-refractivity contribution in [1.82, 2.24) is 4.98 Å². The Bertz CT molecular complexity index is 246. The van der Waals surface area contributed by atoms with Gasteiger partial charge in [0, 0.05) is 5.69 Å². The van der Waals surface area contributed by atoms with Crippen LogP contribution < -0.4 is 4.74 Å². The minimum absolute atomic E-state index is 0.0999. The van der Waals surface area contributed by atoms with Crippen LogP contribution in [0.4, 0.5) is 4.39 Å². The maximum atomic E-state index is 11.7. The lowest BCUT2D eigenvalue weighted by Gasteiger charge is -2.06. The lowest BCUT2D eigenvalue weighted by molar-refractivity contribution is 0.272. The van der Waals surface area contributed by atoms with Gasteiger partial charge in [-0.2, -0.15) is 0 Å². The summed E-state index contributed by atoms with van der Waals surface area (Å²) < 4.78 is 16.8. The normalized spacial score (nSPS) is 10.5. The number of hydrogen-bond acceptors (Lipinski definition) is 2. The molecule has 1 aromatic rings. The first-order valence-electron chi connectivity index (χ1n) is 4.38. The van der Waals surface area contributed by atoms with E-state index < -0.39 is 6.67 Å². The number of hydrogen-bond donors (Lipinski definition) is 0. The largest absolute Gasteiger partial charge is 0.489 e. The van der Waals surface area contributed by atoms with Crippen LogP contribution in [0.25, 0.3) is 0 Å². The third kappa shape index (κ3) is 3.01. The molecule has 1 aromatic heterocycles. The number of nitrogens with zero attached hydrogens (tertiary/aromatic N) is 1. The van der Waals surface area contributed by atoms with Crippen molar-refractivity contribution in [2.75, 3.05) is 13.3 Å². The van der Waals surface area contributed by atoms with Gasteiger partial charge in [-0.1, -0.05) is 13.8 Å². The molecule has 72 valence electrons. The van der Waals surface area contributed by atoms with Crippen molar-refractivity contribution in [3.05, 3.63) is 24.0 Å². The third-order valence-corrected chi connectivity index (χ3v) is 1.70. The number of alkyl halides is 1. The maximum absolute atomic E-state index is 11.7. The van der Waals surface area contributed by atoms with Crippen molar-refractivity contribution in [2.45, 2.75) is 19.8 Å². The quantitative estimate of drug-likeness (QED) is 0.715. The smallest absolute Gasteiger partial charge is 0.137 e.